The molecule has 0 aliphatic carbocycles. The summed E-state index contributed by atoms with van der Waals surface area (Å²) in [5.41, 5.74) is 7.02. The third kappa shape index (κ3) is 2.97. The van der Waals surface area contributed by atoms with E-state index in [4.69, 9.17) is 18.0 Å². The molecule has 0 unspecified atom stereocenters. The van der Waals surface area contributed by atoms with Gasteiger partial charge in [-0.2, -0.15) is 0 Å². The molecule has 0 saturated carbocycles. The van der Waals surface area contributed by atoms with Crippen molar-refractivity contribution in [3.05, 3.63) is 24.0 Å². The van der Waals surface area contributed by atoms with Crippen LogP contribution in [-0.2, 0) is 9.84 Å². The van der Waals surface area contributed by atoms with Crippen molar-refractivity contribution in [2.75, 3.05) is 29.5 Å². The number of hydrogen-bond donors (Lipinski definition) is 1. The molecule has 2 N–H and O–H groups in total. The molecule has 1 saturated heterocycles. The van der Waals surface area contributed by atoms with E-state index in [0.29, 0.717) is 25.2 Å². The molecule has 0 aromatic carbocycles. The maximum Gasteiger partial charge on any atom is 0.152 e. The van der Waals surface area contributed by atoms with Gasteiger partial charge in [0.1, 0.15) is 10.7 Å². The van der Waals surface area contributed by atoms with Crippen molar-refractivity contribution in [1.29, 1.82) is 0 Å². The summed E-state index contributed by atoms with van der Waals surface area (Å²) < 4.78 is 23.1. The van der Waals surface area contributed by atoms with Crippen LogP contribution in [-0.4, -0.2) is 43.0 Å². The molecule has 1 aliphatic heterocycles. The van der Waals surface area contributed by atoms with Crippen LogP contribution in [0.15, 0.2) is 18.3 Å². The standard InChI is InChI=1S/C11H15N3O2S2/c12-11(17)10-9(3-1-4-13-10)14-5-2-7-18(15,16)8-6-14/h1,3-4H,2,5-8H2,(H2,12,17). The number of aromatic nitrogens is 1. The van der Waals surface area contributed by atoms with Gasteiger partial charge in [-0.1, -0.05) is 12.2 Å². The molecule has 1 fully saturated rings. The average molecular weight is 285 g/mol. The van der Waals surface area contributed by atoms with E-state index in [1.807, 2.05) is 11.0 Å². The molecular weight excluding hydrogens is 270 g/mol. The number of pyridine rings is 1. The summed E-state index contributed by atoms with van der Waals surface area (Å²) in [5, 5.41) is 0. The molecule has 2 heterocycles. The van der Waals surface area contributed by atoms with E-state index in [0.717, 1.165) is 5.69 Å². The van der Waals surface area contributed by atoms with E-state index in [-0.39, 0.29) is 16.5 Å². The van der Waals surface area contributed by atoms with Crippen molar-refractivity contribution in [2.24, 2.45) is 5.73 Å². The second-order valence-electron chi connectivity index (χ2n) is 4.23. The largest absolute Gasteiger partial charge is 0.388 e. The molecule has 0 bridgehead atoms. The Bertz CT molecular complexity index is 557. The molecule has 1 aliphatic rings. The zero-order valence-electron chi connectivity index (χ0n) is 9.87. The zero-order valence-corrected chi connectivity index (χ0v) is 11.5. The van der Waals surface area contributed by atoms with Crippen LogP contribution in [0.4, 0.5) is 5.69 Å². The third-order valence-corrected chi connectivity index (χ3v) is 4.82. The number of nitrogens with two attached hydrogens (primary N) is 1. The lowest BCUT2D eigenvalue weighted by atomic mass is 10.2. The molecule has 5 nitrogen and oxygen atoms in total. The van der Waals surface area contributed by atoms with Crippen LogP contribution in [0.25, 0.3) is 0 Å². The Balaban J connectivity index is 2.29. The lowest BCUT2D eigenvalue weighted by molar-refractivity contribution is 0.597. The summed E-state index contributed by atoms with van der Waals surface area (Å²) >= 11 is 4.97. The first-order valence-corrected chi connectivity index (χ1v) is 7.93. The van der Waals surface area contributed by atoms with Gasteiger partial charge in [-0.15, -0.1) is 0 Å². The van der Waals surface area contributed by atoms with Gasteiger partial charge in [-0.3, -0.25) is 4.98 Å². The second-order valence-corrected chi connectivity index (χ2v) is 6.97. The number of rotatable bonds is 2. The second kappa shape index (κ2) is 5.19. The number of anilines is 1. The van der Waals surface area contributed by atoms with E-state index in [1.54, 1.807) is 12.3 Å². The number of sulfone groups is 1. The van der Waals surface area contributed by atoms with Gasteiger partial charge in [0, 0.05) is 19.3 Å². The number of thiocarbonyl (C=S) groups is 1. The summed E-state index contributed by atoms with van der Waals surface area (Å²) in [4.78, 5) is 6.39. The summed E-state index contributed by atoms with van der Waals surface area (Å²) in [5.74, 6) is 0.408. The molecular formula is C11H15N3O2S2. The molecule has 98 valence electrons. The van der Waals surface area contributed by atoms with Gasteiger partial charge in [-0.05, 0) is 18.6 Å². The highest BCUT2D eigenvalue weighted by Crippen LogP contribution is 2.20. The van der Waals surface area contributed by atoms with Gasteiger partial charge in [0.2, 0.25) is 0 Å². The normalized spacial score (nSPS) is 19.2. The van der Waals surface area contributed by atoms with Crippen LogP contribution in [0.3, 0.4) is 0 Å². The molecule has 1 aromatic heterocycles. The highest BCUT2D eigenvalue weighted by atomic mass is 32.2. The van der Waals surface area contributed by atoms with Crippen LogP contribution >= 0.6 is 12.2 Å². The Kier molecular flexibility index (Phi) is 3.82. The Hall–Kier alpha value is -1.21. The molecule has 0 radical (unpaired) electrons. The van der Waals surface area contributed by atoms with E-state index in [1.165, 1.54) is 0 Å². The number of nitrogens with zero attached hydrogens (tertiary/aromatic N) is 2. The number of hydrogen-bond acceptors (Lipinski definition) is 5. The van der Waals surface area contributed by atoms with Crippen LogP contribution in [0, 0.1) is 0 Å². The topological polar surface area (TPSA) is 76.3 Å². The van der Waals surface area contributed by atoms with Crippen LogP contribution in [0.1, 0.15) is 12.1 Å². The van der Waals surface area contributed by atoms with Crippen molar-refractivity contribution >= 4 is 32.7 Å². The summed E-state index contributed by atoms with van der Waals surface area (Å²) in [6.07, 6.45) is 2.25. The first-order chi connectivity index (χ1) is 8.49. The minimum absolute atomic E-state index is 0.165. The predicted octanol–water partition coefficient (Wildman–Crippen LogP) is 0.341. The van der Waals surface area contributed by atoms with E-state index < -0.39 is 9.84 Å². The fourth-order valence-corrected chi connectivity index (χ4v) is 3.45. The Morgan fingerprint density at radius 3 is 2.89 bits per heavy atom. The quantitative estimate of drug-likeness (QED) is 0.790. The van der Waals surface area contributed by atoms with Gasteiger partial charge in [0.15, 0.2) is 9.84 Å². The van der Waals surface area contributed by atoms with Crippen LogP contribution < -0.4 is 10.6 Å². The van der Waals surface area contributed by atoms with E-state index >= 15 is 0 Å². The zero-order chi connectivity index (χ0) is 13.2. The molecule has 18 heavy (non-hydrogen) atoms. The van der Waals surface area contributed by atoms with Gasteiger partial charge in [-0.25, -0.2) is 8.42 Å². The Labute approximate surface area is 112 Å². The van der Waals surface area contributed by atoms with E-state index in [9.17, 15) is 8.42 Å². The Morgan fingerprint density at radius 1 is 1.39 bits per heavy atom. The maximum atomic E-state index is 11.6. The van der Waals surface area contributed by atoms with Crippen molar-refractivity contribution in [3.8, 4) is 0 Å². The fourth-order valence-electron chi connectivity index (χ4n) is 2.02. The minimum Gasteiger partial charge on any atom is -0.388 e. The monoisotopic (exact) mass is 285 g/mol. The van der Waals surface area contributed by atoms with Crippen molar-refractivity contribution in [1.82, 2.24) is 4.98 Å². The summed E-state index contributed by atoms with van der Waals surface area (Å²) in [7, 11) is -2.92. The van der Waals surface area contributed by atoms with Gasteiger partial charge >= 0.3 is 0 Å². The summed E-state index contributed by atoms with van der Waals surface area (Å²) in [6, 6.07) is 3.68. The highest BCUT2D eigenvalue weighted by molar-refractivity contribution is 7.91. The predicted molar refractivity (Wildman–Crippen MR) is 75.6 cm³/mol. The smallest absolute Gasteiger partial charge is 0.152 e. The van der Waals surface area contributed by atoms with Crippen molar-refractivity contribution in [2.45, 2.75) is 6.42 Å². The lowest BCUT2D eigenvalue weighted by Gasteiger charge is -2.23. The average Bonchev–Trinajstić information content (AvgIpc) is 2.50. The van der Waals surface area contributed by atoms with Crippen molar-refractivity contribution < 1.29 is 8.42 Å². The van der Waals surface area contributed by atoms with Gasteiger partial charge in [0.05, 0.1) is 17.2 Å². The SMILES string of the molecule is NC(=S)c1ncccc1N1CCCS(=O)(=O)CC1. The molecule has 1 aromatic rings. The van der Waals surface area contributed by atoms with Crippen LogP contribution in [0.2, 0.25) is 0 Å². The first kappa shape index (κ1) is 13.2. The van der Waals surface area contributed by atoms with E-state index in [2.05, 4.69) is 4.98 Å². The first-order valence-electron chi connectivity index (χ1n) is 5.70. The Morgan fingerprint density at radius 2 is 2.17 bits per heavy atom. The molecule has 7 heteroatoms. The van der Waals surface area contributed by atoms with Crippen molar-refractivity contribution in [3.63, 3.8) is 0 Å². The van der Waals surface area contributed by atoms with Gasteiger partial charge in [0.25, 0.3) is 0 Å². The molecule has 0 atom stereocenters. The fraction of sp³-hybridized carbons (Fsp3) is 0.455. The minimum atomic E-state index is -2.92. The third-order valence-electron chi connectivity index (χ3n) is 2.92. The molecule has 0 amide bonds. The van der Waals surface area contributed by atoms with Crippen LogP contribution in [0.5, 0.6) is 0 Å². The molecule has 0 spiro atoms. The van der Waals surface area contributed by atoms with Gasteiger partial charge < -0.3 is 10.6 Å². The maximum absolute atomic E-state index is 11.6. The lowest BCUT2D eigenvalue weighted by Crippen LogP contribution is -2.29. The summed E-state index contributed by atoms with van der Waals surface area (Å²) in [6.45, 7) is 1.14. The molecule has 2 rings (SSSR count). The highest BCUT2D eigenvalue weighted by Gasteiger charge is 2.21.